The van der Waals surface area contributed by atoms with Gasteiger partial charge < -0.3 is 14.8 Å². The highest BCUT2D eigenvalue weighted by atomic mass is 16.5. The predicted molar refractivity (Wildman–Crippen MR) is 99.7 cm³/mol. The summed E-state index contributed by atoms with van der Waals surface area (Å²) in [4.78, 5) is 28.7. The maximum Gasteiger partial charge on any atom is 0.325 e. The molecule has 1 spiro atoms. The van der Waals surface area contributed by atoms with E-state index in [0.29, 0.717) is 26.0 Å². The molecule has 0 aromatic heterocycles. The first kappa shape index (κ1) is 18.3. The van der Waals surface area contributed by atoms with Gasteiger partial charge in [-0.1, -0.05) is 12.1 Å². The number of fused-ring (bicyclic) bond motifs is 1. The first-order chi connectivity index (χ1) is 13.0. The summed E-state index contributed by atoms with van der Waals surface area (Å²) in [7, 11) is 1.57. The number of amides is 3. The molecular weight excluding hydrogens is 346 g/mol. The van der Waals surface area contributed by atoms with Crippen LogP contribution >= 0.6 is 0 Å². The maximum absolute atomic E-state index is 12.8. The van der Waals surface area contributed by atoms with Gasteiger partial charge in [-0.2, -0.15) is 0 Å². The molecule has 0 radical (unpaired) electrons. The van der Waals surface area contributed by atoms with Gasteiger partial charge in [0.2, 0.25) is 0 Å². The minimum atomic E-state index is -0.748. The first-order valence-corrected chi connectivity index (χ1v) is 9.67. The number of nitrogens with one attached hydrogen (secondary N) is 1. The van der Waals surface area contributed by atoms with Crippen molar-refractivity contribution in [1.29, 1.82) is 0 Å². The number of methoxy groups -OCH3 is 1. The standard InChI is InChI=1S/C20H27N3O4/c1-14(16-4-3-15-5-11-27-17(15)13-16)22-8-6-20(7-9-22)18(24)23(10-12-26-2)19(25)21-20/h3-4,13-14H,5-12H2,1-2H3,(H,21,25). The van der Waals surface area contributed by atoms with Crippen molar-refractivity contribution in [2.45, 2.75) is 37.8 Å². The zero-order chi connectivity index (χ0) is 19.0. The van der Waals surface area contributed by atoms with E-state index in [1.165, 1.54) is 16.0 Å². The molecule has 1 aromatic rings. The Kier molecular flexibility index (Phi) is 4.82. The lowest BCUT2D eigenvalue weighted by atomic mass is 9.86. The lowest BCUT2D eigenvalue weighted by Crippen LogP contribution is -2.55. The van der Waals surface area contributed by atoms with Gasteiger partial charge in [-0.15, -0.1) is 0 Å². The number of hydrogen-bond donors (Lipinski definition) is 1. The van der Waals surface area contributed by atoms with E-state index in [4.69, 9.17) is 9.47 Å². The second kappa shape index (κ2) is 7.13. The highest BCUT2D eigenvalue weighted by Gasteiger charge is 2.52. The largest absolute Gasteiger partial charge is 0.493 e. The molecule has 1 unspecified atom stereocenters. The summed E-state index contributed by atoms with van der Waals surface area (Å²) in [5.41, 5.74) is 1.76. The van der Waals surface area contributed by atoms with Crippen LogP contribution in [0.3, 0.4) is 0 Å². The molecule has 3 aliphatic heterocycles. The van der Waals surface area contributed by atoms with Crippen LogP contribution in [-0.4, -0.2) is 67.2 Å². The topological polar surface area (TPSA) is 71.1 Å². The number of carbonyl (C=O) groups is 2. The van der Waals surface area contributed by atoms with Crippen LogP contribution in [0.5, 0.6) is 5.75 Å². The van der Waals surface area contributed by atoms with Crippen LogP contribution < -0.4 is 10.1 Å². The number of benzene rings is 1. The zero-order valence-corrected chi connectivity index (χ0v) is 16.0. The number of nitrogens with zero attached hydrogens (tertiary/aromatic N) is 2. The van der Waals surface area contributed by atoms with Crippen molar-refractivity contribution in [3.63, 3.8) is 0 Å². The first-order valence-electron chi connectivity index (χ1n) is 9.67. The summed E-state index contributed by atoms with van der Waals surface area (Å²) in [6, 6.07) is 6.43. The Morgan fingerprint density at radius 3 is 2.81 bits per heavy atom. The lowest BCUT2D eigenvalue weighted by Gasteiger charge is -2.40. The van der Waals surface area contributed by atoms with Crippen molar-refractivity contribution >= 4 is 11.9 Å². The molecule has 2 saturated heterocycles. The van der Waals surface area contributed by atoms with Gasteiger partial charge in [0, 0.05) is 32.7 Å². The molecule has 0 bridgehead atoms. The monoisotopic (exact) mass is 373 g/mol. The third-order valence-electron chi connectivity index (χ3n) is 6.17. The van der Waals surface area contributed by atoms with Crippen molar-refractivity contribution in [3.05, 3.63) is 29.3 Å². The SMILES string of the molecule is COCCN1C(=O)NC2(CCN(C(C)c3ccc4c(c3)OCC4)CC2)C1=O. The molecule has 3 heterocycles. The van der Waals surface area contributed by atoms with E-state index in [1.807, 2.05) is 0 Å². The Hall–Kier alpha value is -2.12. The van der Waals surface area contributed by atoms with Crippen molar-refractivity contribution < 1.29 is 19.1 Å². The molecule has 3 aliphatic rings. The van der Waals surface area contributed by atoms with Gasteiger partial charge in [-0.05, 0) is 37.0 Å². The van der Waals surface area contributed by atoms with Gasteiger partial charge in [-0.25, -0.2) is 4.79 Å². The minimum Gasteiger partial charge on any atom is -0.493 e. The summed E-state index contributed by atoms with van der Waals surface area (Å²) in [5.74, 6) is 0.891. The van der Waals surface area contributed by atoms with Crippen LogP contribution in [0.4, 0.5) is 4.79 Å². The molecule has 0 aliphatic carbocycles. The Bertz CT molecular complexity index is 743. The molecule has 0 saturated carbocycles. The van der Waals surface area contributed by atoms with E-state index in [-0.39, 0.29) is 18.0 Å². The zero-order valence-electron chi connectivity index (χ0n) is 16.0. The summed E-state index contributed by atoms with van der Waals surface area (Å²) < 4.78 is 10.7. The van der Waals surface area contributed by atoms with Gasteiger partial charge in [-0.3, -0.25) is 14.6 Å². The molecule has 1 aromatic carbocycles. The lowest BCUT2D eigenvalue weighted by molar-refractivity contribution is -0.133. The van der Waals surface area contributed by atoms with Crippen LogP contribution in [0.2, 0.25) is 0 Å². The average Bonchev–Trinajstić information content (AvgIpc) is 3.23. The highest BCUT2D eigenvalue weighted by Crippen LogP contribution is 2.35. The van der Waals surface area contributed by atoms with Crippen LogP contribution in [0, 0.1) is 0 Å². The molecule has 3 amide bonds. The summed E-state index contributed by atoms with van der Waals surface area (Å²) in [6.07, 6.45) is 2.25. The normalized spacial score (nSPS) is 22.7. The molecule has 146 valence electrons. The van der Waals surface area contributed by atoms with Gasteiger partial charge in [0.1, 0.15) is 11.3 Å². The van der Waals surface area contributed by atoms with Crippen molar-refractivity contribution in [3.8, 4) is 5.75 Å². The second-order valence-corrected chi connectivity index (χ2v) is 7.64. The van der Waals surface area contributed by atoms with E-state index in [1.54, 1.807) is 7.11 Å². The van der Waals surface area contributed by atoms with Crippen LogP contribution in [0.15, 0.2) is 18.2 Å². The third kappa shape index (κ3) is 3.19. The minimum absolute atomic E-state index is 0.109. The quantitative estimate of drug-likeness (QED) is 0.796. The predicted octanol–water partition coefficient (Wildman–Crippen LogP) is 1.72. The number of carbonyl (C=O) groups excluding carboxylic acids is 2. The highest BCUT2D eigenvalue weighted by molar-refractivity contribution is 6.07. The van der Waals surface area contributed by atoms with Crippen LogP contribution in [-0.2, 0) is 16.0 Å². The summed E-state index contributed by atoms with van der Waals surface area (Å²) >= 11 is 0. The fourth-order valence-corrected chi connectivity index (χ4v) is 4.35. The Labute approximate surface area is 159 Å². The number of likely N-dealkylation sites (tertiary alicyclic amines) is 1. The average molecular weight is 373 g/mol. The molecule has 7 heteroatoms. The van der Waals surface area contributed by atoms with Crippen molar-refractivity contribution in [2.24, 2.45) is 0 Å². The van der Waals surface area contributed by atoms with Gasteiger partial charge in [0.15, 0.2) is 0 Å². The molecule has 27 heavy (non-hydrogen) atoms. The number of rotatable bonds is 5. The fraction of sp³-hybridized carbons (Fsp3) is 0.600. The maximum atomic E-state index is 12.8. The summed E-state index contributed by atoms with van der Waals surface area (Å²) in [5, 5.41) is 2.95. The number of hydrogen-bond acceptors (Lipinski definition) is 5. The van der Waals surface area contributed by atoms with Crippen molar-refractivity contribution in [2.75, 3.05) is 40.0 Å². The smallest absolute Gasteiger partial charge is 0.325 e. The van der Waals surface area contributed by atoms with Crippen LogP contribution in [0.1, 0.15) is 36.9 Å². The van der Waals surface area contributed by atoms with E-state index in [0.717, 1.165) is 31.9 Å². The Morgan fingerprint density at radius 1 is 1.30 bits per heavy atom. The van der Waals surface area contributed by atoms with E-state index in [9.17, 15) is 9.59 Å². The number of ether oxygens (including phenoxy) is 2. The molecule has 2 fully saturated rings. The number of urea groups is 1. The van der Waals surface area contributed by atoms with Crippen LogP contribution in [0.25, 0.3) is 0 Å². The fourth-order valence-electron chi connectivity index (χ4n) is 4.35. The molecule has 4 rings (SSSR count). The number of piperidine rings is 1. The van der Waals surface area contributed by atoms with Gasteiger partial charge in [0.25, 0.3) is 5.91 Å². The second-order valence-electron chi connectivity index (χ2n) is 7.64. The Morgan fingerprint density at radius 2 is 2.07 bits per heavy atom. The molecule has 7 nitrogen and oxygen atoms in total. The van der Waals surface area contributed by atoms with E-state index < -0.39 is 5.54 Å². The van der Waals surface area contributed by atoms with Gasteiger partial charge in [0.05, 0.1) is 19.8 Å². The summed E-state index contributed by atoms with van der Waals surface area (Å²) in [6.45, 7) is 5.15. The van der Waals surface area contributed by atoms with Gasteiger partial charge >= 0.3 is 6.03 Å². The third-order valence-corrected chi connectivity index (χ3v) is 6.17. The van der Waals surface area contributed by atoms with E-state index in [2.05, 4.69) is 35.3 Å². The number of imide groups is 1. The van der Waals surface area contributed by atoms with Crippen molar-refractivity contribution in [1.82, 2.24) is 15.1 Å². The Balaban J connectivity index is 1.41. The molecule has 1 N–H and O–H groups in total. The van der Waals surface area contributed by atoms with E-state index >= 15 is 0 Å². The molecule has 1 atom stereocenters. The molecular formula is C20H27N3O4.